The maximum Gasteiger partial charge on any atom is 0.235 e. The van der Waals surface area contributed by atoms with Crippen LogP contribution in [0.5, 0.6) is 5.88 Å². The van der Waals surface area contributed by atoms with E-state index in [0.29, 0.717) is 24.0 Å². The van der Waals surface area contributed by atoms with Gasteiger partial charge in [-0.1, -0.05) is 43.2 Å². The van der Waals surface area contributed by atoms with Gasteiger partial charge in [0.05, 0.1) is 18.9 Å². The molecule has 2 aromatic rings. The van der Waals surface area contributed by atoms with E-state index in [1.54, 1.807) is 0 Å². The van der Waals surface area contributed by atoms with E-state index in [-0.39, 0.29) is 22.8 Å². The minimum absolute atomic E-state index is 0.00173. The van der Waals surface area contributed by atoms with Crippen LogP contribution < -0.4 is 15.8 Å². The summed E-state index contributed by atoms with van der Waals surface area (Å²) in [4.78, 5) is 8.78. The molecule has 1 aliphatic rings. The Bertz CT molecular complexity index is 984. The highest BCUT2D eigenvalue weighted by Crippen LogP contribution is 2.31. The number of thiazole rings is 1. The number of anilines is 2. The van der Waals surface area contributed by atoms with Gasteiger partial charge in [-0.2, -0.15) is 4.98 Å². The molecule has 6 nitrogen and oxygen atoms in total. The van der Waals surface area contributed by atoms with Gasteiger partial charge in [-0.25, -0.2) is 9.37 Å². The van der Waals surface area contributed by atoms with Crippen molar-refractivity contribution in [3.05, 3.63) is 58.0 Å². The largest absolute Gasteiger partial charge is 0.471 e. The monoisotopic (exact) mass is 464 g/mol. The standard InChI is InChI=1S/C22H26ClFN4O2S/c1-3-5-7-15(25)10-14(6-4-2)19-13-31-22(26-19)28-20-18(24)11-17(23)21(27-20)30-16-8-9-29-12-16/h4,6-7,10-11,13,16H,3,5,8-9,12,25H2,1-2H3,(H,26,27,28)/b6-4-,14-10+,15-7+. The Morgan fingerprint density at radius 3 is 3.03 bits per heavy atom. The first kappa shape index (κ1) is 23.2. The molecule has 166 valence electrons. The molecule has 0 amide bonds. The van der Waals surface area contributed by atoms with E-state index in [4.69, 9.17) is 26.8 Å². The number of hydrogen-bond acceptors (Lipinski definition) is 7. The van der Waals surface area contributed by atoms with Crippen molar-refractivity contribution in [2.45, 2.75) is 39.2 Å². The zero-order valence-corrected chi connectivity index (χ0v) is 19.1. The predicted octanol–water partition coefficient (Wildman–Crippen LogP) is 5.84. The highest BCUT2D eigenvalue weighted by molar-refractivity contribution is 7.13. The van der Waals surface area contributed by atoms with Crippen molar-refractivity contribution in [1.82, 2.24) is 9.97 Å². The average Bonchev–Trinajstić information content (AvgIpc) is 3.42. The zero-order valence-electron chi connectivity index (χ0n) is 17.5. The third-order valence-corrected chi connectivity index (χ3v) is 5.45. The molecule has 0 radical (unpaired) electrons. The van der Waals surface area contributed by atoms with Gasteiger partial charge in [0.1, 0.15) is 11.1 Å². The molecule has 9 heteroatoms. The summed E-state index contributed by atoms with van der Waals surface area (Å²) in [5.41, 5.74) is 8.37. The highest BCUT2D eigenvalue weighted by atomic mass is 35.5. The van der Waals surface area contributed by atoms with Gasteiger partial charge in [0.25, 0.3) is 0 Å². The van der Waals surface area contributed by atoms with Gasteiger partial charge in [0.2, 0.25) is 5.88 Å². The molecule has 31 heavy (non-hydrogen) atoms. The summed E-state index contributed by atoms with van der Waals surface area (Å²) < 4.78 is 25.5. The van der Waals surface area contributed by atoms with Crippen LogP contribution in [0.3, 0.4) is 0 Å². The zero-order chi connectivity index (χ0) is 22.2. The Balaban J connectivity index is 1.80. The molecule has 0 aliphatic carbocycles. The number of pyridine rings is 1. The lowest BCUT2D eigenvalue weighted by Crippen LogP contribution is -2.17. The third-order valence-electron chi connectivity index (χ3n) is 4.43. The van der Waals surface area contributed by atoms with Crippen LogP contribution in [0.1, 0.15) is 38.8 Å². The fraction of sp³-hybridized carbons (Fsp3) is 0.364. The molecular weight excluding hydrogens is 439 g/mol. The summed E-state index contributed by atoms with van der Waals surface area (Å²) in [5.74, 6) is -0.424. The molecule has 1 fully saturated rings. The molecule has 0 aromatic carbocycles. The number of nitrogens with two attached hydrogens (primary N) is 1. The summed E-state index contributed by atoms with van der Waals surface area (Å²) in [6.45, 7) is 5.11. The predicted molar refractivity (Wildman–Crippen MR) is 124 cm³/mol. The van der Waals surface area contributed by atoms with E-state index in [1.807, 2.05) is 36.6 Å². The lowest BCUT2D eigenvalue weighted by molar-refractivity contribution is 0.138. The fourth-order valence-electron chi connectivity index (χ4n) is 2.89. The summed E-state index contributed by atoms with van der Waals surface area (Å²) >= 11 is 7.44. The number of unbranched alkanes of at least 4 members (excludes halogenated alkanes) is 1. The summed E-state index contributed by atoms with van der Waals surface area (Å²) in [7, 11) is 0. The van der Waals surface area contributed by atoms with E-state index in [0.717, 1.165) is 30.5 Å². The van der Waals surface area contributed by atoms with Gasteiger partial charge in [0.15, 0.2) is 16.8 Å². The molecule has 0 saturated carbocycles. The number of halogens is 2. The smallest absolute Gasteiger partial charge is 0.235 e. The fourth-order valence-corrected chi connectivity index (χ4v) is 3.79. The molecule has 1 aliphatic heterocycles. The van der Waals surface area contributed by atoms with E-state index in [1.165, 1.54) is 17.4 Å². The summed E-state index contributed by atoms with van der Waals surface area (Å²) in [6.07, 6.45) is 10.2. The van der Waals surface area contributed by atoms with Crippen LogP contribution in [0.25, 0.3) is 5.57 Å². The number of rotatable bonds is 9. The van der Waals surface area contributed by atoms with Crippen LogP contribution >= 0.6 is 22.9 Å². The van der Waals surface area contributed by atoms with Gasteiger partial charge in [0, 0.05) is 29.1 Å². The quantitative estimate of drug-likeness (QED) is 0.453. The van der Waals surface area contributed by atoms with Gasteiger partial charge in [-0.05, 0) is 19.4 Å². The maximum absolute atomic E-state index is 14.4. The van der Waals surface area contributed by atoms with Crippen LogP contribution in [0, 0.1) is 5.82 Å². The number of aromatic nitrogens is 2. The summed E-state index contributed by atoms with van der Waals surface area (Å²) in [5, 5.41) is 5.41. The maximum atomic E-state index is 14.4. The lowest BCUT2D eigenvalue weighted by atomic mass is 10.1. The Morgan fingerprint density at radius 1 is 1.48 bits per heavy atom. The van der Waals surface area contributed by atoms with Crippen molar-refractivity contribution < 1.29 is 13.9 Å². The Kier molecular flexibility index (Phi) is 8.45. The van der Waals surface area contributed by atoms with Gasteiger partial charge in [-0.3, -0.25) is 0 Å². The Morgan fingerprint density at radius 2 is 2.32 bits per heavy atom. The van der Waals surface area contributed by atoms with E-state index in [2.05, 4.69) is 22.2 Å². The molecule has 2 aromatic heterocycles. The number of nitrogens with one attached hydrogen (secondary N) is 1. The average molecular weight is 465 g/mol. The number of hydrogen-bond donors (Lipinski definition) is 2. The molecule has 3 heterocycles. The van der Waals surface area contributed by atoms with Crippen molar-refractivity contribution in [2.75, 3.05) is 18.5 Å². The normalized spacial score (nSPS) is 17.5. The van der Waals surface area contributed by atoms with Crippen LogP contribution in [0.15, 0.2) is 41.4 Å². The first-order valence-corrected chi connectivity index (χ1v) is 11.4. The van der Waals surface area contributed by atoms with Crippen LogP contribution in [0.2, 0.25) is 5.02 Å². The SMILES string of the molecule is C\C=C/C(=C\C(N)=C/CCC)c1csc(Nc2nc(OC3CCOC3)c(Cl)cc2F)n1. The minimum atomic E-state index is -0.590. The van der Waals surface area contributed by atoms with Gasteiger partial charge >= 0.3 is 0 Å². The molecule has 0 bridgehead atoms. The molecule has 0 spiro atoms. The second kappa shape index (κ2) is 11.3. The molecule has 1 atom stereocenters. The first-order valence-electron chi connectivity index (χ1n) is 10.1. The number of nitrogens with zero attached hydrogens (tertiary/aromatic N) is 2. The van der Waals surface area contributed by atoms with E-state index in [9.17, 15) is 4.39 Å². The molecule has 3 rings (SSSR count). The van der Waals surface area contributed by atoms with E-state index < -0.39 is 5.82 Å². The van der Waals surface area contributed by atoms with Crippen molar-refractivity contribution in [1.29, 1.82) is 0 Å². The number of allylic oxidation sites excluding steroid dienone is 5. The van der Waals surface area contributed by atoms with Crippen LogP contribution in [0.4, 0.5) is 15.3 Å². The molecular formula is C22H26ClFN4O2S. The highest BCUT2D eigenvalue weighted by Gasteiger charge is 2.21. The van der Waals surface area contributed by atoms with Crippen molar-refractivity contribution in [3.63, 3.8) is 0 Å². The van der Waals surface area contributed by atoms with E-state index >= 15 is 0 Å². The van der Waals surface area contributed by atoms with Crippen molar-refractivity contribution in [2.24, 2.45) is 5.73 Å². The van der Waals surface area contributed by atoms with Gasteiger partial charge in [-0.15, -0.1) is 11.3 Å². The lowest BCUT2D eigenvalue weighted by Gasteiger charge is -2.13. The van der Waals surface area contributed by atoms with Crippen LogP contribution in [-0.4, -0.2) is 29.3 Å². The van der Waals surface area contributed by atoms with Gasteiger partial charge < -0.3 is 20.5 Å². The Hall–Kier alpha value is -2.42. The molecule has 1 unspecified atom stereocenters. The molecule has 1 saturated heterocycles. The summed E-state index contributed by atoms with van der Waals surface area (Å²) in [6, 6.07) is 1.18. The second-order valence-corrected chi connectivity index (χ2v) is 8.23. The molecule has 3 N–H and O–H groups in total. The second-order valence-electron chi connectivity index (χ2n) is 6.96. The van der Waals surface area contributed by atoms with Crippen molar-refractivity contribution in [3.8, 4) is 5.88 Å². The third kappa shape index (κ3) is 6.53. The number of ether oxygens (including phenoxy) is 2. The first-order chi connectivity index (χ1) is 15.0. The van der Waals surface area contributed by atoms with Crippen LogP contribution in [-0.2, 0) is 4.74 Å². The van der Waals surface area contributed by atoms with Crippen molar-refractivity contribution >= 4 is 39.5 Å². The Labute approximate surface area is 190 Å². The minimum Gasteiger partial charge on any atom is -0.471 e. The topological polar surface area (TPSA) is 82.3 Å².